The van der Waals surface area contributed by atoms with E-state index in [1.165, 1.54) is 13.0 Å². The van der Waals surface area contributed by atoms with Crippen molar-refractivity contribution in [3.8, 4) is 11.1 Å². The molecular weight excluding hydrogens is 433 g/mol. The maximum absolute atomic E-state index is 14.4. The summed E-state index contributed by atoms with van der Waals surface area (Å²) in [7, 11) is 0. The van der Waals surface area contributed by atoms with Gasteiger partial charge in [-0.2, -0.15) is 0 Å². The summed E-state index contributed by atoms with van der Waals surface area (Å²) >= 11 is 0. The number of urea groups is 1. The van der Waals surface area contributed by atoms with Gasteiger partial charge in [-0.1, -0.05) is 18.9 Å². The van der Waals surface area contributed by atoms with E-state index >= 15 is 0 Å². The summed E-state index contributed by atoms with van der Waals surface area (Å²) in [5.41, 5.74) is 3.08. The number of carbonyl (C=O) groups is 2. The van der Waals surface area contributed by atoms with Crippen LogP contribution in [0.3, 0.4) is 0 Å². The first-order chi connectivity index (χ1) is 14.9. The van der Waals surface area contributed by atoms with Crippen LogP contribution in [-0.4, -0.2) is 27.9 Å². The van der Waals surface area contributed by atoms with E-state index in [2.05, 4.69) is 25.9 Å². The summed E-state index contributed by atoms with van der Waals surface area (Å²) in [6.07, 6.45) is 5.74. The molecule has 1 fully saturated rings. The fourth-order valence-corrected chi connectivity index (χ4v) is 3.91. The molecule has 0 atom stereocenters. The number of nitrogens with one attached hydrogen (secondary N) is 3. The summed E-state index contributed by atoms with van der Waals surface area (Å²) in [5.74, 6) is -0.275. The highest BCUT2D eigenvalue weighted by Crippen LogP contribution is 2.30. The summed E-state index contributed by atoms with van der Waals surface area (Å²) in [6.45, 7) is 3.28. The van der Waals surface area contributed by atoms with E-state index in [9.17, 15) is 14.0 Å². The molecule has 0 saturated heterocycles. The zero-order valence-electron chi connectivity index (χ0n) is 17.9. The van der Waals surface area contributed by atoms with Crippen molar-refractivity contribution in [1.82, 2.24) is 15.3 Å². The fraction of sp³-hybridized carbons (Fsp3) is 0.304. The van der Waals surface area contributed by atoms with Crippen molar-refractivity contribution in [2.75, 3.05) is 10.6 Å². The van der Waals surface area contributed by atoms with Gasteiger partial charge in [-0.3, -0.25) is 9.78 Å². The molecule has 1 saturated carbocycles. The molecule has 3 amide bonds. The Morgan fingerprint density at radius 2 is 1.84 bits per heavy atom. The number of anilines is 2. The molecule has 3 N–H and O–H groups in total. The predicted molar refractivity (Wildman–Crippen MR) is 126 cm³/mol. The zero-order valence-corrected chi connectivity index (χ0v) is 18.7. The van der Waals surface area contributed by atoms with Gasteiger partial charge in [0.05, 0.1) is 11.2 Å². The average Bonchev–Trinajstić information content (AvgIpc) is 3.21. The molecule has 1 aromatic carbocycles. The average molecular weight is 458 g/mol. The third kappa shape index (κ3) is 5.31. The maximum Gasteiger partial charge on any atom is 0.319 e. The van der Waals surface area contributed by atoms with Crippen molar-refractivity contribution >= 4 is 46.8 Å². The minimum absolute atomic E-state index is 0. The monoisotopic (exact) mass is 457 g/mol. The lowest BCUT2D eigenvalue weighted by Gasteiger charge is -2.15. The van der Waals surface area contributed by atoms with Crippen molar-refractivity contribution in [3.63, 3.8) is 0 Å². The van der Waals surface area contributed by atoms with Gasteiger partial charge in [0.1, 0.15) is 11.6 Å². The number of pyridine rings is 2. The number of benzene rings is 1. The molecule has 0 aliphatic heterocycles. The van der Waals surface area contributed by atoms with E-state index in [1.54, 1.807) is 24.4 Å². The van der Waals surface area contributed by atoms with E-state index in [4.69, 9.17) is 0 Å². The molecule has 7 nitrogen and oxygen atoms in total. The molecule has 32 heavy (non-hydrogen) atoms. The minimum atomic E-state index is -0.502. The van der Waals surface area contributed by atoms with E-state index in [0.29, 0.717) is 11.3 Å². The van der Waals surface area contributed by atoms with Gasteiger partial charge in [0, 0.05) is 41.9 Å². The van der Waals surface area contributed by atoms with Crippen molar-refractivity contribution < 1.29 is 14.0 Å². The summed E-state index contributed by atoms with van der Waals surface area (Å²) in [5, 5.41) is 8.96. The number of nitrogens with zero attached hydrogens (tertiary/aromatic N) is 2. The molecule has 168 valence electrons. The third-order valence-electron chi connectivity index (χ3n) is 5.41. The number of amides is 3. The van der Waals surface area contributed by atoms with Crippen molar-refractivity contribution in [1.29, 1.82) is 0 Å². The molecular formula is C23H25ClFN5O2. The molecule has 3 aromatic rings. The highest BCUT2D eigenvalue weighted by atomic mass is 35.5. The number of aromatic nitrogens is 2. The number of hydrogen-bond acceptors (Lipinski definition) is 4. The molecule has 2 aromatic heterocycles. The van der Waals surface area contributed by atoms with Gasteiger partial charge < -0.3 is 16.0 Å². The highest BCUT2D eigenvalue weighted by molar-refractivity contribution is 5.93. The predicted octanol–water partition coefficient (Wildman–Crippen LogP) is 5.19. The quantitative estimate of drug-likeness (QED) is 0.502. The Bertz CT molecular complexity index is 1160. The van der Waals surface area contributed by atoms with Crippen molar-refractivity contribution in [2.24, 2.45) is 0 Å². The number of aryl methyl sites for hydroxylation is 1. The Morgan fingerprint density at radius 3 is 2.56 bits per heavy atom. The van der Waals surface area contributed by atoms with Gasteiger partial charge in [-0.15, -0.1) is 12.4 Å². The lowest BCUT2D eigenvalue weighted by molar-refractivity contribution is -0.114. The first kappa shape index (κ1) is 23.4. The van der Waals surface area contributed by atoms with Crippen LogP contribution in [0.4, 0.5) is 20.7 Å². The van der Waals surface area contributed by atoms with E-state index in [-0.39, 0.29) is 30.0 Å². The minimum Gasteiger partial charge on any atom is -0.335 e. The lowest BCUT2D eigenvalue weighted by atomic mass is 10.0. The molecule has 0 radical (unpaired) electrons. The second-order valence-corrected chi connectivity index (χ2v) is 7.84. The van der Waals surface area contributed by atoms with Gasteiger partial charge in [0.2, 0.25) is 5.91 Å². The topological polar surface area (TPSA) is 96.0 Å². The first-order valence-electron chi connectivity index (χ1n) is 10.3. The van der Waals surface area contributed by atoms with Gasteiger partial charge >= 0.3 is 6.03 Å². The number of hydrogen-bond donors (Lipinski definition) is 3. The summed E-state index contributed by atoms with van der Waals surface area (Å²) in [4.78, 5) is 32.4. The lowest BCUT2D eigenvalue weighted by Crippen LogP contribution is -2.36. The number of rotatable bonds is 4. The number of carbonyl (C=O) groups excluding carboxylic acids is 2. The Hall–Kier alpha value is -3.26. The van der Waals surface area contributed by atoms with Gasteiger partial charge in [0.15, 0.2) is 0 Å². The molecule has 9 heteroatoms. The highest BCUT2D eigenvalue weighted by Gasteiger charge is 2.18. The molecule has 1 aliphatic carbocycles. The van der Waals surface area contributed by atoms with Crippen LogP contribution < -0.4 is 16.0 Å². The van der Waals surface area contributed by atoms with Crippen molar-refractivity contribution in [2.45, 2.75) is 45.6 Å². The zero-order chi connectivity index (χ0) is 22.0. The van der Waals surface area contributed by atoms with Gasteiger partial charge in [-0.05, 0) is 43.5 Å². The van der Waals surface area contributed by atoms with Crippen LogP contribution >= 0.6 is 12.4 Å². The first-order valence-corrected chi connectivity index (χ1v) is 10.3. The summed E-state index contributed by atoms with van der Waals surface area (Å²) in [6, 6.07) is 7.97. The van der Waals surface area contributed by atoms with Crippen LogP contribution in [0.15, 0.2) is 36.5 Å². The fourth-order valence-electron chi connectivity index (χ4n) is 3.91. The number of halogens is 2. The van der Waals surface area contributed by atoms with Crippen LogP contribution in [0.25, 0.3) is 22.0 Å². The van der Waals surface area contributed by atoms with Crippen molar-refractivity contribution in [3.05, 3.63) is 48.0 Å². The van der Waals surface area contributed by atoms with Gasteiger partial charge in [0.25, 0.3) is 0 Å². The Labute approximate surface area is 191 Å². The van der Waals surface area contributed by atoms with Crippen LogP contribution in [0.2, 0.25) is 0 Å². The third-order valence-corrected chi connectivity index (χ3v) is 5.41. The van der Waals surface area contributed by atoms with Crippen LogP contribution in [0, 0.1) is 12.7 Å². The van der Waals surface area contributed by atoms with Crippen LogP contribution in [0.5, 0.6) is 0 Å². The SMILES string of the molecule is CC(=O)Nc1cc2nc(C)c(-c3ccc(F)c(NC(=O)NC4CCCC4)c3)cc2cn1.Cl. The molecule has 4 rings (SSSR count). The summed E-state index contributed by atoms with van der Waals surface area (Å²) < 4.78 is 14.4. The van der Waals surface area contributed by atoms with Gasteiger partial charge in [-0.25, -0.2) is 14.2 Å². The maximum atomic E-state index is 14.4. The van der Waals surface area contributed by atoms with Crippen LogP contribution in [0.1, 0.15) is 38.3 Å². The Balaban J connectivity index is 0.00000289. The standard InChI is InChI=1S/C23H24FN5O2.ClH/c1-13-18(9-16-12-25-22(27-14(2)30)11-20(16)26-13)15-7-8-19(24)21(10-15)29-23(31)28-17-5-3-4-6-17;/h7-12,17H,3-6H2,1-2H3,(H,25,27,30)(H2,28,29,31);1H. The largest absolute Gasteiger partial charge is 0.335 e. The molecule has 0 unspecified atom stereocenters. The van der Waals surface area contributed by atoms with Crippen LogP contribution in [-0.2, 0) is 4.79 Å². The molecule has 1 aliphatic rings. The smallest absolute Gasteiger partial charge is 0.319 e. The second kappa shape index (κ2) is 9.91. The number of fused-ring (bicyclic) bond motifs is 1. The molecule has 2 heterocycles. The normalized spacial score (nSPS) is 13.5. The second-order valence-electron chi connectivity index (χ2n) is 7.84. The molecule has 0 spiro atoms. The Kier molecular flexibility index (Phi) is 7.25. The Morgan fingerprint density at radius 1 is 1.09 bits per heavy atom. The van der Waals surface area contributed by atoms with E-state index in [0.717, 1.165) is 47.9 Å². The van der Waals surface area contributed by atoms with E-state index in [1.807, 2.05) is 13.0 Å². The van der Waals surface area contributed by atoms with E-state index < -0.39 is 11.8 Å². The molecule has 0 bridgehead atoms.